The van der Waals surface area contributed by atoms with E-state index in [-0.39, 0.29) is 0 Å². The molecule has 1 N–H and O–H groups in total. The molecule has 6 rings (SSSR count). The van der Waals surface area contributed by atoms with Crippen LogP contribution in [0.1, 0.15) is 0 Å². The number of hydrogen-bond acceptors (Lipinski definition) is 2. The number of aromatic amines is 1. The summed E-state index contributed by atoms with van der Waals surface area (Å²) in [5.41, 5.74) is 4.48. The molecule has 0 fully saturated rings. The van der Waals surface area contributed by atoms with Crippen molar-refractivity contribution in [2.75, 3.05) is 0 Å². The van der Waals surface area contributed by atoms with Crippen LogP contribution >= 0.6 is 11.3 Å². The van der Waals surface area contributed by atoms with E-state index in [2.05, 4.69) is 70.6 Å². The van der Waals surface area contributed by atoms with Gasteiger partial charge in [0.15, 0.2) is 0 Å². The SMILES string of the molecule is c1ccc(-c2cccc3c2[nH]c2cc4c(cc23)sc2ccccc24)nc1. The Hall–Kier alpha value is -3.17. The van der Waals surface area contributed by atoms with Gasteiger partial charge in [-0.15, -0.1) is 11.3 Å². The summed E-state index contributed by atoms with van der Waals surface area (Å²) in [6, 6.07) is 25.8. The largest absolute Gasteiger partial charge is 0.354 e. The first-order valence-electron chi connectivity index (χ1n) is 8.65. The molecule has 0 unspecified atom stereocenters. The van der Waals surface area contributed by atoms with Gasteiger partial charge in [-0.25, -0.2) is 0 Å². The Labute approximate surface area is 153 Å². The first-order chi connectivity index (χ1) is 12.9. The fourth-order valence-corrected chi connectivity index (χ4v) is 5.01. The summed E-state index contributed by atoms with van der Waals surface area (Å²) in [6.45, 7) is 0. The summed E-state index contributed by atoms with van der Waals surface area (Å²) >= 11 is 1.86. The minimum absolute atomic E-state index is 0.997. The Morgan fingerprint density at radius 2 is 1.58 bits per heavy atom. The highest BCUT2D eigenvalue weighted by molar-refractivity contribution is 7.25. The topological polar surface area (TPSA) is 28.7 Å². The van der Waals surface area contributed by atoms with Crippen molar-refractivity contribution >= 4 is 53.3 Å². The smallest absolute Gasteiger partial charge is 0.0723 e. The van der Waals surface area contributed by atoms with Gasteiger partial charge in [-0.05, 0) is 30.3 Å². The molecule has 0 radical (unpaired) electrons. The Kier molecular flexibility index (Phi) is 2.79. The van der Waals surface area contributed by atoms with E-state index in [1.165, 1.54) is 36.5 Å². The van der Waals surface area contributed by atoms with Crippen LogP contribution in [-0.4, -0.2) is 9.97 Å². The van der Waals surface area contributed by atoms with Gasteiger partial charge in [-0.3, -0.25) is 4.98 Å². The standard InChI is InChI=1S/C23H14N2S/c1-2-10-21-14(6-1)18-12-20-17(13-22(18)26-21)15-7-5-8-16(23(15)25-20)19-9-3-4-11-24-19/h1-13,25H. The molecule has 3 aromatic heterocycles. The van der Waals surface area contributed by atoms with E-state index >= 15 is 0 Å². The lowest BCUT2D eigenvalue weighted by molar-refractivity contribution is 1.33. The van der Waals surface area contributed by atoms with Crippen LogP contribution in [-0.2, 0) is 0 Å². The average molecular weight is 350 g/mol. The highest BCUT2D eigenvalue weighted by Gasteiger charge is 2.13. The fraction of sp³-hybridized carbons (Fsp3) is 0. The summed E-state index contributed by atoms with van der Waals surface area (Å²) in [5.74, 6) is 0. The van der Waals surface area contributed by atoms with Crippen LogP contribution < -0.4 is 0 Å². The molecule has 3 heteroatoms. The third-order valence-corrected chi connectivity index (χ3v) is 6.21. The summed E-state index contributed by atoms with van der Waals surface area (Å²) in [4.78, 5) is 8.19. The molecule has 26 heavy (non-hydrogen) atoms. The van der Waals surface area contributed by atoms with E-state index in [0.717, 1.165) is 16.8 Å². The third-order valence-electron chi connectivity index (χ3n) is 5.07. The van der Waals surface area contributed by atoms with Crippen molar-refractivity contribution in [3.63, 3.8) is 0 Å². The van der Waals surface area contributed by atoms with Gasteiger partial charge in [0.2, 0.25) is 0 Å². The Bertz CT molecular complexity index is 1420. The molecule has 0 bridgehead atoms. The second-order valence-electron chi connectivity index (χ2n) is 6.56. The Balaban J connectivity index is 1.73. The molecule has 0 aliphatic carbocycles. The van der Waals surface area contributed by atoms with E-state index < -0.39 is 0 Å². The molecule has 0 saturated heterocycles. The van der Waals surface area contributed by atoms with Crippen LogP contribution in [0, 0.1) is 0 Å². The number of fused-ring (bicyclic) bond motifs is 6. The highest BCUT2D eigenvalue weighted by Crippen LogP contribution is 2.39. The molecule has 2 nitrogen and oxygen atoms in total. The lowest BCUT2D eigenvalue weighted by atomic mass is 10.1. The normalized spacial score (nSPS) is 11.8. The zero-order valence-electron chi connectivity index (χ0n) is 13.9. The van der Waals surface area contributed by atoms with Gasteiger partial charge < -0.3 is 4.98 Å². The maximum atomic E-state index is 4.54. The second-order valence-corrected chi connectivity index (χ2v) is 7.64. The van der Waals surface area contributed by atoms with E-state index in [1.54, 1.807) is 0 Å². The van der Waals surface area contributed by atoms with E-state index in [4.69, 9.17) is 0 Å². The number of H-pyrrole nitrogens is 1. The van der Waals surface area contributed by atoms with Gasteiger partial charge in [0, 0.05) is 48.2 Å². The van der Waals surface area contributed by atoms with Gasteiger partial charge >= 0.3 is 0 Å². The van der Waals surface area contributed by atoms with Crippen LogP contribution in [0.15, 0.2) is 79.0 Å². The maximum Gasteiger partial charge on any atom is 0.0723 e. The van der Waals surface area contributed by atoms with Crippen molar-refractivity contribution in [3.05, 3.63) is 79.0 Å². The molecular formula is C23H14N2S. The number of nitrogens with one attached hydrogen (secondary N) is 1. The first-order valence-corrected chi connectivity index (χ1v) is 9.47. The van der Waals surface area contributed by atoms with Crippen molar-refractivity contribution in [2.45, 2.75) is 0 Å². The van der Waals surface area contributed by atoms with Crippen LogP contribution in [0.4, 0.5) is 0 Å². The number of pyridine rings is 1. The molecule has 3 aromatic carbocycles. The van der Waals surface area contributed by atoms with Crippen LogP contribution in [0.2, 0.25) is 0 Å². The van der Waals surface area contributed by atoms with Gasteiger partial charge in [0.25, 0.3) is 0 Å². The van der Waals surface area contributed by atoms with E-state index in [9.17, 15) is 0 Å². The quantitative estimate of drug-likeness (QED) is 0.349. The van der Waals surface area contributed by atoms with Gasteiger partial charge in [-0.1, -0.05) is 42.5 Å². The van der Waals surface area contributed by atoms with Crippen molar-refractivity contribution in [2.24, 2.45) is 0 Å². The zero-order valence-corrected chi connectivity index (χ0v) is 14.7. The average Bonchev–Trinajstić information content (AvgIpc) is 3.24. The van der Waals surface area contributed by atoms with Crippen molar-refractivity contribution < 1.29 is 0 Å². The summed E-state index contributed by atoms with van der Waals surface area (Å²) in [5, 5.41) is 5.18. The number of aromatic nitrogens is 2. The molecule has 0 atom stereocenters. The minimum Gasteiger partial charge on any atom is -0.354 e. The lowest BCUT2D eigenvalue weighted by Crippen LogP contribution is -1.83. The molecule has 6 aromatic rings. The van der Waals surface area contributed by atoms with Gasteiger partial charge in [0.1, 0.15) is 0 Å². The molecule has 0 aliphatic heterocycles. The Morgan fingerprint density at radius 3 is 2.50 bits per heavy atom. The summed E-state index contributed by atoms with van der Waals surface area (Å²) in [7, 11) is 0. The van der Waals surface area contributed by atoms with Crippen molar-refractivity contribution in [1.29, 1.82) is 0 Å². The molecular weight excluding hydrogens is 336 g/mol. The molecule has 3 heterocycles. The highest BCUT2D eigenvalue weighted by atomic mass is 32.1. The van der Waals surface area contributed by atoms with Crippen LogP contribution in [0.5, 0.6) is 0 Å². The van der Waals surface area contributed by atoms with Crippen LogP contribution in [0.3, 0.4) is 0 Å². The molecule has 122 valence electrons. The molecule has 0 amide bonds. The fourth-order valence-electron chi connectivity index (χ4n) is 3.88. The number of thiophene rings is 1. The second kappa shape index (κ2) is 5.16. The third kappa shape index (κ3) is 1.89. The number of nitrogens with zero attached hydrogens (tertiary/aromatic N) is 1. The summed E-state index contributed by atoms with van der Waals surface area (Å²) in [6.07, 6.45) is 1.85. The molecule has 0 aliphatic rings. The van der Waals surface area contributed by atoms with Crippen molar-refractivity contribution in [1.82, 2.24) is 9.97 Å². The van der Waals surface area contributed by atoms with E-state index in [0.29, 0.717) is 0 Å². The number of rotatable bonds is 1. The number of benzene rings is 3. The van der Waals surface area contributed by atoms with Crippen LogP contribution in [0.25, 0.3) is 53.2 Å². The molecule has 0 saturated carbocycles. The maximum absolute atomic E-state index is 4.54. The number of para-hydroxylation sites is 1. The molecule has 0 spiro atoms. The summed E-state index contributed by atoms with van der Waals surface area (Å²) < 4.78 is 2.68. The first kappa shape index (κ1) is 14.0. The monoisotopic (exact) mass is 350 g/mol. The van der Waals surface area contributed by atoms with E-state index in [1.807, 2.05) is 29.7 Å². The predicted molar refractivity (Wildman–Crippen MR) is 112 cm³/mol. The predicted octanol–water partition coefficient (Wildman–Crippen LogP) is 6.75. The lowest BCUT2D eigenvalue weighted by Gasteiger charge is -2.02. The number of hydrogen-bond donors (Lipinski definition) is 1. The zero-order chi connectivity index (χ0) is 17.1. The van der Waals surface area contributed by atoms with Gasteiger partial charge in [0.05, 0.1) is 11.2 Å². The minimum atomic E-state index is 0.997. The van der Waals surface area contributed by atoms with Crippen molar-refractivity contribution in [3.8, 4) is 11.3 Å². The Morgan fingerprint density at radius 1 is 0.692 bits per heavy atom. The van der Waals surface area contributed by atoms with Gasteiger partial charge in [-0.2, -0.15) is 0 Å².